The van der Waals surface area contributed by atoms with E-state index < -0.39 is 11.8 Å². The van der Waals surface area contributed by atoms with E-state index in [0.29, 0.717) is 25.9 Å². The molecule has 7 nitrogen and oxygen atoms in total. The standard InChI is InChI=1S/C17H15Br2N3O4/c1-26-12-4-2-11(3-5-12)21-15(23)8-16(24)22-20-9-10-6-13(18)17(25)14(19)7-10/h2-7,9,25H,8H2,1H3,(H,21,23)(H,22,24). The van der Waals surface area contributed by atoms with Crippen LogP contribution in [0.2, 0.25) is 0 Å². The lowest BCUT2D eigenvalue weighted by atomic mass is 10.2. The van der Waals surface area contributed by atoms with Gasteiger partial charge in [0.1, 0.15) is 17.9 Å². The van der Waals surface area contributed by atoms with E-state index in [1.54, 1.807) is 43.5 Å². The Bertz CT molecular complexity index is 815. The second-order valence-corrected chi connectivity index (χ2v) is 6.79. The molecule has 0 atom stereocenters. The van der Waals surface area contributed by atoms with Crippen molar-refractivity contribution < 1.29 is 19.4 Å². The van der Waals surface area contributed by atoms with Crippen LogP contribution in [-0.4, -0.2) is 30.2 Å². The summed E-state index contributed by atoms with van der Waals surface area (Å²) in [6.45, 7) is 0. The molecule has 0 unspecified atom stereocenters. The number of carbonyl (C=O) groups excluding carboxylic acids is 2. The highest BCUT2D eigenvalue weighted by Gasteiger charge is 2.09. The topological polar surface area (TPSA) is 100 Å². The average Bonchev–Trinajstić information content (AvgIpc) is 2.60. The van der Waals surface area contributed by atoms with Crippen molar-refractivity contribution in [2.45, 2.75) is 6.42 Å². The number of benzene rings is 2. The number of anilines is 1. The van der Waals surface area contributed by atoms with Gasteiger partial charge in [0.25, 0.3) is 0 Å². The highest BCUT2D eigenvalue weighted by Crippen LogP contribution is 2.32. The number of hydrogen-bond acceptors (Lipinski definition) is 5. The van der Waals surface area contributed by atoms with Crippen LogP contribution in [-0.2, 0) is 9.59 Å². The normalized spacial score (nSPS) is 10.6. The summed E-state index contributed by atoms with van der Waals surface area (Å²) < 4.78 is 6.00. The van der Waals surface area contributed by atoms with Gasteiger partial charge in [-0.05, 0) is 73.8 Å². The second-order valence-electron chi connectivity index (χ2n) is 5.08. The molecule has 2 amide bonds. The summed E-state index contributed by atoms with van der Waals surface area (Å²) in [4.78, 5) is 23.6. The Hall–Kier alpha value is -2.39. The van der Waals surface area contributed by atoms with Crippen molar-refractivity contribution in [1.29, 1.82) is 0 Å². The Kier molecular flexibility index (Phi) is 7.16. The van der Waals surface area contributed by atoms with Gasteiger partial charge in [0.05, 0.1) is 22.3 Å². The fraction of sp³-hybridized carbons (Fsp3) is 0.118. The summed E-state index contributed by atoms with van der Waals surface area (Å²) in [7, 11) is 1.55. The van der Waals surface area contributed by atoms with Gasteiger partial charge < -0.3 is 15.2 Å². The maximum atomic E-state index is 11.8. The highest BCUT2D eigenvalue weighted by molar-refractivity contribution is 9.11. The molecular formula is C17H15Br2N3O4. The summed E-state index contributed by atoms with van der Waals surface area (Å²) in [5.74, 6) is -0.272. The van der Waals surface area contributed by atoms with Crippen LogP contribution < -0.4 is 15.5 Å². The van der Waals surface area contributed by atoms with Crippen molar-refractivity contribution >= 4 is 55.6 Å². The number of carbonyl (C=O) groups is 2. The van der Waals surface area contributed by atoms with Gasteiger partial charge in [-0.3, -0.25) is 9.59 Å². The van der Waals surface area contributed by atoms with Crippen LogP contribution in [0.5, 0.6) is 11.5 Å². The van der Waals surface area contributed by atoms with E-state index in [0.717, 1.165) is 0 Å². The summed E-state index contributed by atoms with van der Waals surface area (Å²) in [5.41, 5.74) is 3.48. The van der Waals surface area contributed by atoms with E-state index in [9.17, 15) is 14.7 Å². The zero-order valence-corrected chi connectivity index (χ0v) is 16.8. The first-order chi connectivity index (χ1) is 12.4. The van der Waals surface area contributed by atoms with Crippen molar-refractivity contribution in [3.63, 3.8) is 0 Å². The van der Waals surface area contributed by atoms with Crippen LogP contribution in [0.1, 0.15) is 12.0 Å². The lowest BCUT2D eigenvalue weighted by Gasteiger charge is -2.06. The molecule has 0 bridgehead atoms. The first-order valence-corrected chi connectivity index (χ1v) is 8.91. The second kappa shape index (κ2) is 9.35. The van der Waals surface area contributed by atoms with Crippen LogP contribution in [0, 0.1) is 0 Å². The van der Waals surface area contributed by atoms with Gasteiger partial charge in [-0.1, -0.05) is 0 Å². The molecule has 2 aromatic carbocycles. The SMILES string of the molecule is COc1ccc(NC(=O)CC(=O)NN=Cc2cc(Br)c(O)c(Br)c2)cc1. The van der Waals surface area contributed by atoms with E-state index in [1.165, 1.54) is 6.21 Å². The van der Waals surface area contributed by atoms with E-state index >= 15 is 0 Å². The first kappa shape index (κ1) is 19.9. The van der Waals surface area contributed by atoms with Crippen LogP contribution in [0.4, 0.5) is 5.69 Å². The molecule has 0 aliphatic heterocycles. The van der Waals surface area contributed by atoms with Gasteiger partial charge in [-0.2, -0.15) is 5.10 Å². The molecule has 9 heteroatoms. The average molecular weight is 485 g/mol. The minimum Gasteiger partial charge on any atom is -0.506 e. The van der Waals surface area contributed by atoms with E-state index in [1.807, 2.05) is 0 Å². The number of hydrogen-bond donors (Lipinski definition) is 3. The first-order valence-electron chi connectivity index (χ1n) is 7.33. The third-order valence-corrected chi connectivity index (χ3v) is 4.35. The zero-order chi connectivity index (χ0) is 19.1. The molecule has 136 valence electrons. The van der Waals surface area contributed by atoms with Crippen LogP contribution >= 0.6 is 31.9 Å². The Morgan fingerprint density at radius 3 is 2.35 bits per heavy atom. The number of ether oxygens (including phenoxy) is 1. The van der Waals surface area contributed by atoms with Gasteiger partial charge in [0, 0.05) is 5.69 Å². The Labute approximate surface area is 166 Å². The maximum Gasteiger partial charge on any atom is 0.249 e. The molecule has 0 saturated carbocycles. The maximum absolute atomic E-state index is 11.8. The Morgan fingerprint density at radius 2 is 1.77 bits per heavy atom. The molecule has 0 fully saturated rings. The van der Waals surface area contributed by atoms with Gasteiger partial charge >= 0.3 is 0 Å². The predicted molar refractivity (Wildman–Crippen MR) is 105 cm³/mol. The van der Waals surface area contributed by atoms with Gasteiger partial charge in [0.2, 0.25) is 11.8 Å². The summed E-state index contributed by atoms with van der Waals surface area (Å²) >= 11 is 6.40. The number of hydrazone groups is 1. The number of aromatic hydroxyl groups is 1. The number of phenolic OH excluding ortho intramolecular Hbond substituents is 1. The third kappa shape index (κ3) is 5.85. The molecule has 0 aromatic heterocycles. The lowest BCUT2D eigenvalue weighted by Crippen LogP contribution is -2.24. The Balaban J connectivity index is 1.84. The number of nitrogens with zero attached hydrogens (tertiary/aromatic N) is 1. The van der Waals surface area contributed by atoms with Crippen molar-refractivity contribution in [3.05, 3.63) is 50.9 Å². The summed E-state index contributed by atoms with van der Waals surface area (Å²) in [6.07, 6.45) is 1.03. The molecule has 2 rings (SSSR count). The fourth-order valence-corrected chi connectivity index (χ4v) is 3.13. The smallest absolute Gasteiger partial charge is 0.249 e. The van der Waals surface area contributed by atoms with Crippen molar-refractivity contribution in [2.75, 3.05) is 12.4 Å². The van der Waals surface area contributed by atoms with Crippen LogP contribution in [0.25, 0.3) is 0 Å². The van der Waals surface area contributed by atoms with Crippen LogP contribution in [0.15, 0.2) is 50.4 Å². The summed E-state index contributed by atoms with van der Waals surface area (Å²) in [6, 6.07) is 10.0. The molecular weight excluding hydrogens is 470 g/mol. The molecule has 0 aliphatic carbocycles. The van der Waals surface area contributed by atoms with E-state index in [4.69, 9.17) is 4.74 Å². The number of nitrogens with one attached hydrogen (secondary N) is 2. The number of methoxy groups -OCH3 is 1. The minimum absolute atomic E-state index is 0.0707. The summed E-state index contributed by atoms with van der Waals surface area (Å²) in [5, 5.41) is 16.0. The third-order valence-electron chi connectivity index (χ3n) is 3.14. The van der Waals surface area contributed by atoms with Crippen molar-refractivity contribution in [2.24, 2.45) is 5.10 Å². The minimum atomic E-state index is -0.552. The number of halogens is 2. The lowest BCUT2D eigenvalue weighted by molar-refractivity contribution is -0.126. The van der Waals surface area contributed by atoms with Gasteiger partial charge in [-0.25, -0.2) is 5.43 Å². The number of phenols is 1. The van der Waals surface area contributed by atoms with Gasteiger partial charge in [0.15, 0.2) is 0 Å². The van der Waals surface area contributed by atoms with Crippen LogP contribution in [0.3, 0.4) is 0 Å². The molecule has 0 heterocycles. The fourth-order valence-electron chi connectivity index (χ4n) is 1.90. The molecule has 2 aromatic rings. The number of amides is 2. The molecule has 0 spiro atoms. The Morgan fingerprint density at radius 1 is 1.15 bits per heavy atom. The molecule has 0 saturated heterocycles. The molecule has 0 radical (unpaired) electrons. The monoisotopic (exact) mass is 483 g/mol. The van der Waals surface area contributed by atoms with Crippen molar-refractivity contribution in [1.82, 2.24) is 5.43 Å². The molecule has 3 N–H and O–H groups in total. The zero-order valence-electron chi connectivity index (χ0n) is 13.6. The van der Waals surface area contributed by atoms with E-state index in [2.05, 4.69) is 47.7 Å². The highest BCUT2D eigenvalue weighted by atomic mass is 79.9. The largest absolute Gasteiger partial charge is 0.506 e. The quantitative estimate of drug-likeness (QED) is 0.332. The number of rotatable bonds is 6. The van der Waals surface area contributed by atoms with E-state index in [-0.39, 0.29) is 12.2 Å². The molecule has 26 heavy (non-hydrogen) atoms. The predicted octanol–water partition coefficient (Wildman–Crippen LogP) is 3.40. The van der Waals surface area contributed by atoms with Gasteiger partial charge in [-0.15, -0.1) is 0 Å². The van der Waals surface area contributed by atoms with Crippen molar-refractivity contribution in [3.8, 4) is 11.5 Å². The molecule has 0 aliphatic rings.